The van der Waals surface area contributed by atoms with Crippen LogP contribution < -0.4 is 5.73 Å². The standard InChI is InChI=1S/C12H10N4O/c13-11-12-14-4-5-16(12)10(7-15-11)8-2-1-3-9(17)6-8/h1-7,17H,(H2,13,15). The van der Waals surface area contributed by atoms with E-state index in [0.29, 0.717) is 11.5 Å². The summed E-state index contributed by atoms with van der Waals surface area (Å²) in [5.74, 6) is 0.603. The van der Waals surface area contributed by atoms with E-state index in [-0.39, 0.29) is 5.75 Å². The minimum absolute atomic E-state index is 0.215. The average molecular weight is 226 g/mol. The molecule has 0 aliphatic heterocycles. The summed E-state index contributed by atoms with van der Waals surface area (Å²) >= 11 is 0. The Kier molecular flexibility index (Phi) is 1.98. The molecule has 1 aromatic carbocycles. The van der Waals surface area contributed by atoms with E-state index < -0.39 is 0 Å². The van der Waals surface area contributed by atoms with Crippen molar-refractivity contribution in [2.24, 2.45) is 0 Å². The van der Waals surface area contributed by atoms with Crippen LogP contribution in [0.25, 0.3) is 16.9 Å². The maximum Gasteiger partial charge on any atom is 0.180 e. The fourth-order valence-electron chi connectivity index (χ4n) is 1.82. The van der Waals surface area contributed by atoms with E-state index in [1.54, 1.807) is 30.6 Å². The number of benzene rings is 1. The van der Waals surface area contributed by atoms with Gasteiger partial charge in [-0.3, -0.25) is 4.40 Å². The van der Waals surface area contributed by atoms with Gasteiger partial charge in [-0.25, -0.2) is 9.97 Å². The Bertz CT molecular complexity index is 690. The molecule has 0 atom stereocenters. The van der Waals surface area contributed by atoms with Gasteiger partial charge in [0.1, 0.15) is 5.75 Å². The number of phenolic OH excluding ortho intramolecular Hbond substituents is 1. The molecule has 2 heterocycles. The van der Waals surface area contributed by atoms with Crippen LogP contribution in [-0.2, 0) is 0 Å². The highest BCUT2D eigenvalue weighted by molar-refractivity contribution is 5.69. The Balaban J connectivity index is 2.31. The van der Waals surface area contributed by atoms with Gasteiger partial charge in [-0.2, -0.15) is 0 Å². The zero-order valence-corrected chi connectivity index (χ0v) is 8.91. The molecule has 84 valence electrons. The number of aromatic nitrogens is 3. The molecule has 0 fully saturated rings. The van der Waals surface area contributed by atoms with Crippen LogP contribution in [0, 0.1) is 0 Å². The molecule has 0 saturated carbocycles. The molecule has 0 aliphatic rings. The van der Waals surface area contributed by atoms with E-state index in [9.17, 15) is 5.11 Å². The lowest BCUT2D eigenvalue weighted by molar-refractivity contribution is 0.475. The lowest BCUT2D eigenvalue weighted by Crippen LogP contribution is -1.99. The van der Waals surface area contributed by atoms with Gasteiger partial charge in [0.15, 0.2) is 11.5 Å². The van der Waals surface area contributed by atoms with E-state index in [4.69, 9.17) is 5.73 Å². The number of nitrogen functional groups attached to an aromatic ring is 1. The van der Waals surface area contributed by atoms with Gasteiger partial charge in [0.2, 0.25) is 0 Å². The van der Waals surface area contributed by atoms with Gasteiger partial charge in [0, 0.05) is 18.0 Å². The van der Waals surface area contributed by atoms with Crippen molar-refractivity contribution in [1.29, 1.82) is 0 Å². The second-order valence-corrected chi connectivity index (χ2v) is 3.70. The van der Waals surface area contributed by atoms with Crippen molar-refractivity contribution in [3.63, 3.8) is 0 Å². The number of aromatic hydroxyl groups is 1. The Morgan fingerprint density at radius 3 is 2.94 bits per heavy atom. The maximum atomic E-state index is 9.48. The molecule has 0 radical (unpaired) electrons. The van der Waals surface area contributed by atoms with Crippen LogP contribution in [0.4, 0.5) is 5.82 Å². The third-order valence-corrected chi connectivity index (χ3v) is 2.60. The van der Waals surface area contributed by atoms with Crippen LogP contribution in [-0.4, -0.2) is 19.5 Å². The Labute approximate surface area is 97.2 Å². The van der Waals surface area contributed by atoms with Gasteiger partial charge in [-0.15, -0.1) is 0 Å². The molecule has 3 aromatic rings. The molecule has 3 rings (SSSR count). The van der Waals surface area contributed by atoms with Crippen molar-refractivity contribution in [2.45, 2.75) is 0 Å². The molecular formula is C12H10N4O. The zero-order chi connectivity index (χ0) is 11.8. The van der Waals surface area contributed by atoms with Crippen LogP contribution in [0.1, 0.15) is 0 Å². The molecule has 5 nitrogen and oxygen atoms in total. The predicted octanol–water partition coefficient (Wildman–Crippen LogP) is 1.68. The molecule has 0 bridgehead atoms. The highest BCUT2D eigenvalue weighted by Crippen LogP contribution is 2.24. The van der Waals surface area contributed by atoms with Crippen LogP contribution in [0.5, 0.6) is 5.75 Å². The van der Waals surface area contributed by atoms with E-state index in [2.05, 4.69) is 9.97 Å². The monoisotopic (exact) mass is 226 g/mol. The van der Waals surface area contributed by atoms with E-state index in [1.807, 2.05) is 16.7 Å². The normalized spacial score (nSPS) is 10.8. The van der Waals surface area contributed by atoms with E-state index in [0.717, 1.165) is 11.3 Å². The van der Waals surface area contributed by atoms with Crippen molar-refractivity contribution in [1.82, 2.24) is 14.4 Å². The van der Waals surface area contributed by atoms with Crippen LogP contribution in [0.2, 0.25) is 0 Å². The first-order valence-electron chi connectivity index (χ1n) is 5.12. The Hall–Kier alpha value is -2.56. The number of imidazole rings is 1. The number of hydrogen-bond acceptors (Lipinski definition) is 4. The number of rotatable bonds is 1. The summed E-state index contributed by atoms with van der Waals surface area (Å²) in [6.07, 6.45) is 5.14. The van der Waals surface area contributed by atoms with Gasteiger partial charge in [0.25, 0.3) is 0 Å². The first-order chi connectivity index (χ1) is 8.25. The molecule has 0 aliphatic carbocycles. The molecule has 0 spiro atoms. The number of phenols is 1. The Morgan fingerprint density at radius 2 is 2.12 bits per heavy atom. The first-order valence-corrected chi connectivity index (χ1v) is 5.12. The number of hydrogen-bond donors (Lipinski definition) is 2. The molecule has 5 heteroatoms. The number of anilines is 1. The zero-order valence-electron chi connectivity index (χ0n) is 8.91. The quantitative estimate of drug-likeness (QED) is 0.662. The van der Waals surface area contributed by atoms with Gasteiger partial charge in [-0.1, -0.05) is 12.1 Å². The van der Waals surface area contributed by atoms with Crippen LogP contribution >= 0.6 is 0 Å². The van der Waals surface area contributed by atoms with Gasteiger partial charge in [0.05, 0.1) is 11.9 Å². The molecule has 2 aromatic heterocycles. The van der Waals surface area contributed by atoms with Crippen LogP contribution in [0.15, 0.2) is 42.9 Å². The lowest BCUT2D eigenvalue weighted by atomic mass is 10.1. The highest BCUT2D eigenvalue weighted by atomic mass is 16.3. The minimum atomic E-state index is 0.215. The third kappa shape index (κ3) is 1.48. The second-order valence-electron chi connectivity index (χ2n) is 3.70. The summed E-state index contributed by atoms with van der Waals surface area (Å²) in [5, 5.41) is 9.48. The van der Waals surface area contributed by atoms with Crippen LogP contribution in [0.3, 0.4) is 0 Å². The molecule has 17 heavy (non-hydrogen) atoms. The SMILES string of the molecule is Nc1ncc(-c2cccc(O)c2)n2ccnc12. The van der Waals surface area contributed by atoms with Crippen molar-refractivity contribution in [2.75, 3.05) is 5.73 Å². The smallest absolute Gasteiger partial charge is 0.180 e. The molecule has 0 saturated heterocycles. The second kappa shape index (κ2) is 3.48. The van der Waals surface area contributed by atoms with Crippen molar-refractivity contribution in [3.05, 3.63) is 42.9 Å². The summed E-state index contributed by atoms with van der Waals surface area (Å²) in [6.45, 7) is 0. The molecular weight excluding hydrogens is 216 g/mol. The Morgan fingerprint density at radius 1 is 1.24 bits per heavy atom. The lowest BCUT2D eigenvalue weighted by Gasteiger charge is -2.06. The topological polar surface area (TPSA) is 76.4 Å². The number of fused-ring (bicyclic) bond motifs is 1. The summed E-state index contributed by atoms with van der Waals surface area (Å²) in [5.41, 5.74) is 8.05. The highest BCUT2D eigenvalue weighted by Gasteiger charge is 2.07. The van der Waals surface area contributed by atoms with Crippen molar-refractivity contribution >= 4 is 11.5 Å². The van der Waals surface area contributed by atoms with E-state index >= 15 is 0 Å². The number of nitrogens with zero attached hydrogens (tertiary/aromatic N) is 3. The average Bonchev–Trinajstić information content (AvgIpc) is 2.79. The first kappa shape index (κ1) is 9.65. The summed E-state index contributed by atoms with van der Waals surface area (Å²) < 4.78 is 1.84. The van der Waals surface area contributed by atoms with Crippen molar-refractivity contribution in [3.8, 4) is 17.0 Å². The fourth-order valence-corrected chi connectivity index (χ4v) is 1.82. The van der Waals surface area contributed by atoms with Crippen molar-refractivity contribution < 1.29 is 5.11 Å². The predicted molar refractivity (Wildman–Crippen MR) is 64.5 cm³/mol. The molecule has 0 amide bonds. The van der Waals surface area contributed by atoms with Gasteiger partial charge in [-0.05, 0) is 12.1 Å². The van der Waals surface area contributed by atoms with Gasteiger partial charge < -0.3 is 10.8 Å². The summed E-state index contributed by atoms with van der Waals surface area (Å²) in [4.78, 5) is 8.24. The molecule has 0 unspecified atom stereocenters. The molecule has 3 N–H and O–H groups in total. The number of nitrogens with two attached hydrogens (primary N) is 1. The van der Waals surface area contributed by atoms with E-state index in [1.165, 1.54) is 0 Å². The van der Waals surface area contributed by atoms with Gasteiger partial charge >= 0.3 is 0 Å². The summed E-state index contributed by atoms with van der Waals surface area (Å²) in [6, 6.07) is 6.97. The minimum Gasteiger partial charge on any atom is -0.508 e. The fraction of sp³-hybridized carbons (Fsp3) is 0. The largest absolute Gasteiger partial charge is 0.508 e. The summed E-state index contributed by atoms with van der Waals surface area (Å²) in [7, 11) is 0. The maximum absolute atomic E-state index is 9.48. The third-order valence-electron chi connectivity index (χ3n) is 2.60.